The average Bonchev–Trinajstić information content (AvgIpc) is 3.13. The Bertz CT molecular complexity index is 948. The number of hydrogen-bond donors (Lipinski definition) is 1. The summed E-state index contributed by atoms with van der Waals surface area (Å²) in [5, 5.41) is 3.01. The highest BCUT2D eigenvalue weighted by molar-refractivity contribution is 5.96. The lowest BCUT2D eigenvalue weighted by Crippen LogP contribution is -2.27. The number of aryl methyl sites for hydroxylation is 1. The molecule has 0 spiro atoms. The molecule has 160 valence electrons. The molecule has 1 aromatic heterocycles. The number of ether oxygens (including phenoxy) is 1. The first-order chi connectivity index (χ1) is 14.7. The summed E-state index contributed by atoms with van der Waals surface area (Å²) in [7, 11) is 1.58. The van der Waals surface area contributed by atoms with Crippen molar-refractivity contribution in [2.24, 2.45) is 0 Å². The van der Waals surface area contributed by atoms with Gasteiger partial charge in [0.1, 0.15) is 11.6 Å². The fourth-order valence-corrected chi connectivity index (χ4v) is 3.83. The Morgan fingerprint density at radius 2 is 1.73 bits per heavy atom. The monoisotopic (exact) mass is 407 g/mol. The van der Waals surface area contributed by atoms with Gasteiger partial charge in [-0.3, -0.25) is 4.79 Å². The zero-order chi connectivity index (χ0) is 21.2. The zero-order valence-corrected chi connectivity index (χ0v) is 18.2. The van der Waals surface area contributed by atoms with E-state index in [0.717, 1.165) is 24.3 Å². The number of fused-ring (bicyclic) bond motifs is 1. The first-order valence-corrected chi connectivity index (χ1v) is 11.1. The number of benzene rings is 2. The Balaban J connectivity index is 1.61. The molecular weight excluding hydrogens is 374 g/mol. The van der Waals surface area contributed by atoms with Gasteiger partial charge in [-0.1, -0.05) is 63.3 Å². The number of unbranched alkanes of at least 4 members (excludes halogenated alkanes) is 5. The van der Waals surface area contributed by atoms with Crippen molar-refractivity contribution in [1.82, 2.24) is 14.9 Å². The van der Waals surface area contributed by atoms with E-state index in [-0.39, 0.29) is 5.91 Å². The normalized spacial score (nSPS) is 11.0. The summed E-state index contributed by atoms with van der Waals surface area (Å²) >= 11 is 0. The van der Waals surface area contributed by atoms with Gasteiger partial charge in [0.15, 0.2) is 0 Å². The molecule has 0 saturated carbocycles. The van der Waals surface area contributed by atoms with Crippen LogP contribution in [0.25, 0.3) is 11.0 Å². The summed E-state index contributed by atoms with van der Waals surface area (Å²) in [5.74, 6) is 1.50. The molecule has 0 bridgehead atoms. The number of hydrogen-bond acceptors (Lipinski definition) is 3. The molecule has 30 heavy (non-hydrogen) atoms. The first-order valence-electron chi connectivity index (χ1n) is 11.1. The van der Waals surface area contributed by atoms with Crippen LogP contribution in [0.4, 0.5) is 0 Å². The third-order valence-electron chi connectivity index (χ3n) is 5.45. The molecule has 0 aliphatic heterocycles. The number of nitrogens with zero attached hydrogens (tertiary/aromatic N) is 2. The van der Waals surface area contributed by atoms with Crippen molar-refractivity contribution in [2.45, 2.75) is 58.4 Å². The Kier molecular flexibility index (Phi) is 8.30. The molecule has 0 atom stereocenters. The summed E-state index contributed by atoms with van der Waals surface area (Å²) in [5.41, 5.74) is 2.76. The highest BCUT2D eigenvalue weighted by Gasteiger charge is 2.13. The number of carbonyl (C=O) groups is 1. The van der Waals surface area contributed by atoms with E-state index in [2.05, 4.69) is 35.0 Å². The van der Waals surface area contributed by atoms with E-state index in [1.165, 1.54) is 37.6 Å². The van der Waals surface area contributed by atoms with Crippen LogP contribution < -0.4 is 10.1 Å². The van der Waals surface area contributed by atoms with Crippen molar-refractivity contribution >= 4 is 16.9 Å². The maximum atomic E-state index is 12.6. The van der Waals surface area contributed by atoms with Crippen LogP contribution in [-0.4, -0.2) is 29.1 Å². The molecule has 1 heterocycles. The van der Waals surface area contributed by atoms with E-state index in [0.29, 0.717) is 24.3 Å². The van der Waals surface area contributed by atoms with Crippen molar-refractivity contribution in [3.8, 4) is 5.75 Å². The molecule has 5 heteroatoms. The molecule has 5 nitrogen and oxygen atoms in total. The van der Waals surface area contributed by atoms with Gasteiger partial charge in [0, 0.05) is 19.5 Å². The fourth-order valence-electron chi connectivity index (χ4n) is 3.83. The molecule has 0 fully saturated rings. The van der Waals surface area contributed by atoms with Gasteiger partial charge in [0.25, 0.3) is 5.91 Å². The molecule has 2 aromatic carbocycles. The summed E-state index contributed by atoms with van der Waals surface area (Å²) in [6.07, 6.45) is 8.32. The second kappa shape index (κ2) is 11.4. The molecular formula is C25H33N3O2. The number of methoxy groups -OCH3 is 1. The smallest absolute Gasteiger partial charge is 0.255 e. The quantitative estimate of drug-likeness (QED) is 0.410. The zero-order valence-electron chi connectivity index (χ0n) is 18.2. The van der Waals surface area contributed by atoms with Crippen LogP contribution in [-0.2, 0) is 13.0 Å². The van der Waals surface area contributed by atoms with Crippen molar-refractivity contribution in [2.75, 3.05) is 13.7 Å². The Morgan fingerprint density at radius 1 is 1.00 bits per heavy atom. The Hall–Kier alpha value is -2.82. The third-order valence-corrected chi connectivity index (χ3v) is 5.45. The molecule has 0 aliphatic carbocycles. The lowest BCUT2D eigenvalue weighted by atomic mass is 10.1. The minimum atomic E-state index is -0.119. The number of aromatic nitrogens is 2. The van der Waals surface area contributed by atoms with Gasteiger partial charge in [0.2, 0.25) is 0 Å². The molecule has 3 rings (SSSR count). The number of para-hydroxylation sites is 3. The lowest BCUT2D eigenvalue weighted by molar-refractivity contribution is 0.0951. The van der Waals surface area contributed by atoms with E-state index in [1.807, 2.05) is 18.2 Å². The molecule has 1 N–H and O–H groups in total. The topological polar surface area (TPSA) is 56.2 Å². The van der Waals surface area contributed by atoms with Gasteiger partial charge in [-0.2, -0.15) is 0 Å². The first kappa shape index (κ1) is 21.9. The number of amides is 1. The highest BCUT2D eigenvalue weighted by Crippen LogP contribution is 2.19. The number of imidazole rings is 1. The Morgan fingerprint density at radius 3 is 2.57 bits per heavy atom. The second-order valence-corrected chi connectivity index (χ2v) is 7.64. The summed E-state index contributed by atoms with van der Waals surface area (Å²) in [6.45, 7) is 3.76. The largest absolute Gasteiger partial charge is 0.496 e. The van der Waals surface area contributed by atoms with E-state index < -0.39 is 0 Å². The maximum absolute atomic E-state index is 12.6. The van der Waals surface area contributed by atoms with Gasteiger partial charge in [-0.15, -0.1) is 0 Å². The minimum Gasteiger partial charge on any atom is -0.496 e. The lowest BCUT2D eigenvalue weighted by Gasteiger charge is -2.11. The predicted molar refractivity (Wildman–Crippen MR) is 122 cm³/mol. The van der Waals surface area contributed by atoms with Crippen molar-refractivity contribution in [3.63, 3.8) is 0 Å². The number of rotatable bonds is 12. The van der Waals surface area contributed by atoms with E-state index >= 15 is 0 Å². The third kappa shape index (κ3) is 5.62. The van der Waals surface area contributed by atoms with Gasteiger partial charge in [-0.25, -0.2) is 4.98 Å². The Labute approximate surface area is 179 Å². The SMILES string of the molecule is CCCCCCCCn1c(CCNC(=O)c2ccccc2OC)nc2ccccc21. The van der Waals surface area contributed by atoms with Crippen LogP contribution in [0.5, 0.6) is 5.75 Å². The van der Waals surface area contributed by atoms with Crippen LogP contribution >= 0.6 is 0 Å². The molecule has 0 unspecified atom stereocenters. The van der Waals surface area contributed by atoms with E-state index in [4.69, 9.17) is 9.72 Å². The van der Waals surface area contributed by atoms with Crippen LogP contribution in [0, 0.1) is 0 Å². The molecule has 0 aliphatic rings. The number of carbonyl (C=O) groups excluding carboxylic acids is 1. The second-order valence-electron chi connectivity index (χ2n) is 7.64. The number of nitrogens with one attached hydrogen (secondary N) is 1. The van der Waals surface area contributed by atoms with Crippen molar-refractivity contribution in [3.05, 3.63) is 59.9 Å². The highest BCUT2D eigenvalue weighted by atomic mass is 16.5. The van der Waals surface area contributed by atoms with Crippen molar-refractivity contribution in [1.29, 1.82) is 0 Å². The van der Waals surface area contributed by atoms with Gasteiger partial charge in [-0.05, 0) is 30.7 Å². The molecule has 0 saturated heterocycles. The van der Waals surface area contributed by atoms with Gasteiger partial charge in [0.05, 0.1) is 23.7 Å². The average molecular weight is 408 g/mol. The summed E-state index contributed by atoms with van der Waals surface area (Å²) in [6, 6.07) is 15.6. The van der Waals surface area contributed by atoms with E-state index in [1.54, 1.807) is 19.2 Å². The summed E-state index contributed by atoms with van der Waals surface area (Å²) < 4.78 is 7.62. The van der Waals surface area contributed by atoms with E-state index in [9.17, 15) is 4.79 Å². The van der Waals surface area contributed by atoms with Crippen LogP contribution in [0.2, 0.25) is 0 Å². The minimum absolute atomic E-state index is 0.119. The van der Waals surface area contributed by atoms with Gasteiger partial charge >= 0.3 is 0 Å². The molecule has 1 amide bonds. The maximum Gasteiger partial charge on any atom is 0.255 e. The molecule has 3 aromatic rings. The molecule has 0 radical (unpaired) electrons. The predicted octanol–water partition coefficient (Wildman–Crippen LogP) is 5.38. The fraction of sp³-hybridized carbons (Fsp3) is 0.440. The standard InChI is InChI=1S/C25H33N3O2/c1-3-4-5-6-7-12-19-28-22-15-10-9-14-21(22)27-24(28)17-18-26-25(29)20-13-8-11-16-23(20)30-2/h8-11,13-16H,3-7,12,17-19H2,1-2H3,(H,26,29). The summed E-state index contributed by atoms with van der Waals surface area (Å²) in [4.78, 5) is 17.4. The van der Waals surface area contributed by atoms with Crippen LogP contribution in [0.3, 0.4) is 0 Å². The van der Waals surface area contributed by atoms with Crippen molar-refractivity contribution < 1.29 is 9.53 Å². The van der Waals surface area contributed by atoms with Crippen LogP contribution in [0.15, 0.2) is 48.5 Å². The van der Waals surface area contributed by atoms with Gasteiger partial charge < -0.3 is 14.6 Å². The van der Waals surface area contributed by atoms with Crippen LogP contribution in [0.1, 0.15) is 61.6 Å².